The topological polar surface area (TPSA) is 85.8 Å². The third kappa shape index (κ3) is 2.53. The number of amides is 1. The zero-order chi connectivity index (χ0) is 10.6. The number of nitrogens with zero attached hydrogens (tertiary/aromatic N) is 3. The minimum atomic E-state index is -0.368. The molecule has 0 saturated carbocycles. The molecule has 6 heteroatoms. The molecule has 1 amide bonds. The van der Waals surface area contributed by atoms with Gasteiger partial charge in [0.15, 0.2) is 0 Å². The van der Waals surface area contributed by atoms with Crippen molar-refractivity contribution in [3.05, 3.63) is 12.2 Å². The molecule has 78 valence electrons. The molecule has 0 aliphatic carbocycles. The molecule has 1 heterocycles. The largest absolute Gasteiger partial charge is 0.368 e. The van der Waals surface area contributed by atoms with E-state index in [0.717, 1.165) is 12.4 Å². The van der Waals surface area contributed by atoms with Gasteiger partial charge in [0.25, 0.3) is 0 Å². The van der Waals surface area contributed by atoms with E-state index in [1.807, 2.05) is 11.5 Å². The van der Waals surface area contributed by atoms with Gasteiger partial charge in [-0.05, 0) is 13.8 Å². The SMILES string of the molecule is CCn1cnnc1CNC(C)C(N)=O. The predicted octanol–water partition coefficient (Wildman–Crippen LogP) is -0.739. The van der Waals surface area contributed by atoms with E-state index in [4.69, 9.17) is 5.73 Å². The third-order valence-electron chi connectivity index (χ3n) is 2.03. The lowest BCUT2D eigenvalue weighted by Gasteiger charge is -2.09. The van der Waals surface area contributed by atoms with Crippen LogP contribution in [0.25, 0.3) is 0 Å². The van der Waals surface area contributed by atoms with E-state index < -0.39 is 0 Å². The fraction of sp³-hybridized carbons (Fsp3) is 0.625. The molecule has 6 nitrogen and oxygen atoms in total. The number of hydrogen-bond acceptors (Lipinski definition) is 4. The highest BCUT2D eigenvalue weighted by molar-refractivity contribution is 5.79. The molecule has 0 fully saturated rings. The summed E-state index contributed by atoms with van der Waals surface area (Å²) in [7, 11) is 0. The van der Waals surface area contributed by atoms with Gasteiger partial charge in [0.1, 0.15) is 12.2 Å². The molecule has 0 aromatic carbocycles. The lowest BCUT2D eigenvalue weighted by atomic mass is 10.3. The second kappa shape index (κ2) is 4.71. The van der Waals surface area contributed by atoms with Crippen molar-refractivity contribution < 1.29 is 4.79 Å². The normalized spacial score (nSPS) is 12.7. The summed E-state index contributed by atoms with van der Waals surface area (Å²) in [6.45, 7) is 5.03. The second-order valence-corrected chi connectivity index (χ2v) is 3.04. The monoisotopic (exact) mass is 197 g/mol. The van der Waals surface area contributed by atoms with Gasteiger partial charge in [-0.15, -0.1) is 10.2 Å². The summed E-state index contributed by atoms with van der Waals surface area (Å²) < 4.78 is 1.90. The average molecular weight is 197 g/mol. The zero-order valence-corrected chi connectivity index (χ0v) is 8.40. The van der Waals surface area contributed by atoms with Gasteiger partial charge >= 0.3 is 0 Å². The molecule has 0 aliphatic heterocycles. The number of carbonyl (C=O) groups is 1. The van der Waals surface area contributed by atoms with Crippen LogP contribution in [0, 0.1) is 0 Å². The first-order valence-corrected chi connectivity index (χ1v) is 4.54. The van der Waals surface area contributed by atoms with Gasteiger partial charge in [-0.2, -0.15) is 0 Å². The number of aromatic nitrogens is 3. The number of primary amides is 1. The second-order valence-electron chi connectivity index (χ2n) is 3.04. The van der Waals surface area contributed by atoms with Crippen molar-refractivity contribution in [1.29, 1.82) is 0 Å². The lowest BCUT2D eigenvalue weighted by Crippen LogP contribution is -2.38. The van der Waals surface area contributed by atoms with Gasteiger partial charge in [0.05, 0.1) is 12.6 Å². The van der Waals surface area contributed by atoms with Crippen LogP contribution in [0.5, 0.6) is 0 Å². The maximum atomic E-state index is 10.7. The van der Waals surface area contributed by atoms with Gasteiger partial charge in [0, 0.05) is 6.54 Å². The summed E-state index contributed by atoms with van der Waals surface area (Å²) >= 11 is 0. The third-order valence-corrected chi connectivity index (χ3v) is 2.03. The Morgan fingerprint density at radius 2 is 2.50 bits per heavy atom. The standard InChI is InChI=1S/C8H15N5O/c1-3-13-5-11-12-7(13)4-10-6(2)8(9)14/h5-6,10H,3-4H2,1-2H3,(H2,9,14). The summed E-state index contributed by atoms with van der Waals surface area (Å²) in [6.07, 6.45) is 1.66. The van der Waals surface area contributed by atoms with Crippen LogP contribution in [0.15, 0.2) is 6.33 Å². The Labute approximate surface area is 82.5 Å². The number of hydrogen-bond donors (Lipinski definition) is 2. The zero-order valence-electron chi connectivity index (χ0n) is 8.40. The smallest absolute Gasteiger partial charge is 0.234 e. The van der Waals surface area contributed by atoms with Crippen molar-refractivity contribution >= 4 is 5.91 Å². The Kier molecular flexibility index (Phi) is 3.58. The van der Waals surface area contributed by atoms with Crippen LogP contribution in [0.2, 0.25) is 0 Å². The number of carbonyl (C=O) groups excluding carboxylic acids is 1. The highest BCUT2D eigenvalue weighted by Crippen LogP contribution is 1.94. The van der Waals surface area contributed by atoms with E-state index in [0.29, 0.717) is 6.54 Å². The Bertz CT molecular complexity index is 308. The Morgan fingerprint density at radius 1 is 1.79 bits per heavy atom. The predicted molar refractivity (Wildman–Crippen MR) is 51.2 cm³/mol. The summed E-state index contributed by atoms with van der Waals surface area (Å²) in [5.41, 5.74) is 5.10. The molecule has 1 aromatic rings. The van der Waals surface area contributed by atoms with Gasteiger partial charge in [-0.1, -0.05) is 0 Å². The minimum Gasteiger partial charge on any atom is -0.368 e. The molecular weight excluding hydrogens is 182 g/mol. The molecule has 0 radical (unpaired) electrons. The number of nitrogens with two attached hydrogens (primary N) is 1. The summed E-state index contributed by atoms with van der Waals surface area (Å²) in [5, 5.41) is 10.7. The summed E-state index contributed by atoms with van der Waals surface area (Å²) in [5.74, 6) is 0.438. The van der Waals surface area contributed by atoms with Crippen LogP contribution >= 0.6 is 0 Å². The summed E-state index contributed by atoms with van der Waals surface area (Å²) in [6, 6.07) is -0.350. The van der Waals surface area contributed by atoms with Gasteiger partial charge in [0.2, 0.25) is 5.91 Å². The minimum absolute atomic E-state index is 0.350. The highest BCUT2D eigenvalue weighted by Gasteiger charge is 2.09. The maximum Gasteiger partial charge on any atom is 0.234 e. The lowest BCUT2D eigenvalue weighted by molar-refractivity contribution is -0.119. The van der Waals surface area contributed by atoms with E-state index in [9.17, 15) is 4.79 Å². The molecule has 1 atom stereocenters. The molecule has 0 saturated heterocycles. The summed E-state index contributed by atoms with van der Waals surface area (Å²) in [4.78, 5) is 10.7. The van der Waals surface area contributed by atoms with Crippen molar-refractivity contribution in [2.24, 2.45) is 5.73 Å². The van der Waals surface area contributed by atoms with E-state index in [1.165, 1.54) is 0 Å². The van der Waals surface area contributed by atoms with Crippen LogP contribution in [0.3, 0.4) is 0 Å². The molecule has 1 unspecified atom stereocenters. The van der Waals surface area contributed by atoms with Gasteiger partial charge in [-0.25, -0.2) is 0 Å². The van der Waals surface area contributed by atoms with Crippen molar-refractivity contribution in [3.8, 4) is 0 Å². The fourth-order valence-electron chi connectivity index (χ4n) is 1.02. The van der Waals surface area contributed by atoms with Crippen LogP contribution < -0.4 is 11.1 Å². The van der Waals surface area contributed by atoms with Crippen LogP contribution in [-0.2, 0) is 17.9 Å². The highest BCUT2D eigenvalue weighted by atomic mass is 16.1. The Hall–Kier alpha value is -1.43. The first kappa shape index (κ1) is 10.6. The van der Waals surface area contributed by atoms with E-state index >= 15 is 0 Å². The van der Waals surface area contributed by atoms with Crippen molar-refractivity contribution in [3.63, 3.8) is 0 Å². The molecule has 14 heavy (non-hydrogen) atoms. The quantitative estimate of drug-likeness (QED) is 0.651. The van der Waals surface area contributed by atoms with E-state index in [-0.39, 0.29) is 11.9 Å². The number of aryl methyl sites for hydroxylation is 1. The van der Waals surface area contributed by atoms with Crippen LogP contribution in [0.1, 0.15) is 19.7 Å². The Morgan fingerprint density at radius 3 is 3.07 bits per heavy atom. The number of rotatable bonds is 5. The van der Waals surface area contributed by atoms with Crippen molar-refractivity contribution in [1.82, 2.24) is 20.1 Å². The van der Waals surface area contributed by atoms with Crippen molar-refractivity contribution in [2.75, 3.05) is 0 Å². The van der Waals surface area contributed by atoms with Crippen molar-refractivity contribution in [2.45, 2.75) is 33.0 Å². The average Bonchev–Trinajstić information content (AvgIpc) is 2.60. The van der Waals surface area contributed by atoms with E-state index in [2.05, 4.69) is 15.5 Å². The van der Waals surface area contributed by atoms with Crippen LogP contribution in [-0.4, -0.2) is 26.7 Å². The maximum absolute atomic E-state index is 10.7. The first-order valence-electron chi connectivity index (χ1n) is 4.54. The molecule has 3 N–H and O–H groups in total. The Balaban J connectivity index is 2.49. The van der Waals surface area contributed by atoms with E-state index in [1.54, 1.807) is 13.3 Å². The fourth-order valence-corrected chi connectivity index (χ4v) is 1.02. The molecule has 1 rings (SSSR count). The number of nitrogens with one attached hydrogen (secondary N) is 1. The van der Waals surface area contributed by atoms with Gasteiger partial charge < -0.3 is 10.3 Å². The molecule has 0 spiro atoms. The molecule has 1 aromatic heterocycles. The molecule has 0 aliphatic rings. The molecule has 0 bridgehead atoms. The first-order chi connectivity index (χ1) is 6.65. The van der Waals surface area contributed by atoms with Crippen LogP contribution in [0.4, 0.5) is 0 Å². The van der Waals surface area contributed by atoms with Gasteiger partial charge in [-0.3, -0.25) is 10.1 Å². The molecular formula is C8H15N5O.